The van der Waals surface area contributed by atoms with E-state index in [9.17, 15) is 9.59 Å². The summed E-state index contributed by atoms with van der Waals surface area (Å²) in [6.45, 7) is -0.380. The van der Waals surface area contributed by atoms with Gasteiger partial charge in [-0.05, 0) is 12.1 Å². The summed E-state index contributed by atoms with van der Waals surface area (Å²) < 4.78 is 4.99. The molecule has 0 saturated heterocycles. The maximum atomic E-state index is 10.8. The lowest BCUT2D eigenvalue weighted by Crippen LogP contribution is -2.08. The summed E-state index contributed by atoms with van der Waals surface area (Å²) in [5.41, 5.74) is 0. The Morgan fingerprint density at radius 2 is 2.20 bits per heavy atom. The number of hydrogen-bond donors (Lipinski definition) is 0. The molecule has 0 fully saturated rings. The van der Waals surface area contributed by atoms with E-state index < -0.39 is 5.91 Å². The molecular weight excluding hydrogens is 241 g/mol. The molecule has 1 aromatic rings. The van der Waals surface area contributed by atoms with Gasteiger partial charge in [0.05, 0.1) is 5.02 Å². The molecule has 0 aliphatic rings. The highest BCUT2D eigenvalue weighted by Gasteiger charge is 2.05. The Labute approximate surface area is 95.5 Å². The fourth-order valence-electron chi connectivity index (χ4n) is 0.810. The molecule has 4 nitrogen and oxygen atoms in total. The quantitative estimate of drug-likeness (QED) is 0.607. The summed E-state index contributed by atoms with van der Waals surface area (Å²) in [5, 5.41) is 0.753. The van der Waals surface area contributed by atoms with Crippen LogP contribution in [-0.2, 0) is 9.59 Å². The number of halogens is 2. The average Bonchev–Trinajstić information content (AvgIpc) is 2.20. The van der Waals surface area contributed by atoms with Gasteiger partial charge in [-0.25, -0.2) is 4.79 Å². The van der Waals surface area contributed by atoms with Crippen LogP contribution in [0.3, 0.4) is 0 Å². The second-order valence-electron chi connectivity index (χ2n) is 2.46. The second kappa shape index (κ2) is 5.51. The standard InChI is InChI=1S/C9H5Cl2NO3/c10-6-1-2-7(11)8(3-6)15-4-9(14)12-5-13/h1-3H,4H2. The number of rotatable bonds is 3. The van der Waals surface area contributed by atoms with Crippen molar-refractivity contribution in [1.29, 1.82) is 0 Å². The number of isocyanates is 1. The molecule has 6 heteroatoms. The van der Waals surface area contributed by atoms with Crippen molar-refractivity contribution < 1.29 is 14.3 Å². The van der Waals surface area contributed by atoms with Crippen LogP contribution < -0.4 is 4.74 Å². The Morgan fingerprint density at radius 1 is 1.47 bits per heavy atom. The van der Waals surface area contributed by atoms with E-state index in [0.29, 0.717) is 10.0 Å². The molecule has 0 saturated carbocycles. The molecule has 0 heterocycles. The predicted molar refractivity (Wildman–Crippen MR) is 55.1 cm³/mol. The molecule has 0 aliphatic heterocycles. The first-order chi connectivity index (χ1) is 7.13. The van der Waals surface area contributed by atoms with Crippen molar-refractivity contribution in [3.8, 4) is 5.75 Å². The van der Waals surface area contributed by atoms with Crippen molar-refractivity contribution in [2.75, 3.05) is 6.61 Å². The predicted octanol–water partition coefficient (Wildman–Crippen LogP) is 2.23. The minimum absolute atomic E-state index is 0.263. The molecule has 1 rings (SSSR count). The van der Waals surface area contributed by atoms with Crippen LogP contribution in [0.2, 0.25) is 10.0 Å². The van der Waals surface area contributed by atoms with Gasteiger partial charge in [0.15, 0.2) is 6.61 Å². The topological polar surface area (TPSA) is 55.7 Å². The minimum Gasteiger partial charge on any atom is -0.482 e. The summed E-state index contributed by atoms with van der Waals surface area (Å²) in [4.78, 5) is 23.4. The molecule has 78 valence electrons. The lowest BCUT2D eigenvalue weighted by atomic mass is 10.3. The van der Waals surface area contributed by atoms with Crippen LogP contribution in [0.1, 0.15) is 0 Å². The van der Waals surface area contributed by atoms with Gasteiger partial charge in [0.25, 0.3) is 5.91 Å². The van der Waals surface area contributed by atoms with Gasteiger partial charge in [-0.3, -0.25) is 4.79 Å². The van der Waals surface area contributed by atoms with E-state index in [0.717, 1.165) is 6.08 Å². The number of benzene rings is 1. The number of ether oxygens (including phenoxy) is 1. The molecule has 0 bridgehead atoms. The van der Waals surface area contributed by atoms with Crippen molar-refractivity contribution in [1.82, 2.24) is 0 Å². The molecule has 0 aliphatic carbocycles. The SMILES string of the molecule is O=C=NC(=O)COc1cc(Cl)ccc1Cl. The van der Waals surface area contributed by atoms with Crippen LogP contribution >= 0.6 is 23.2 Å². The molecule has 1 amide bonds. The summed E-state index contributed by atoms with van der Waals surface area (Å²) in [6, 6.07) is 4.58. The number of carbonyl (C=O) groups is 1. The van der Waals surface area contributed by atoms with Gasteiger partial charge in [-0.2, -0.15) is 0 Å². The Hall–Kier alpha value is -1.35. The smallest absolute Gasteiger partial charge is 0.294 e. The number of nitrogens with zero attached hydrogens (tertiary/aromatic N) is 1. The van der Waals surface area contributed by atoms with E-state index in [-0.39, 0.29) is 12.4 Å². The van der Waals surface area contributed by atoms with Crippen molar-refractivity contribution in [3.05, 3.63) is 28.2 Å². The van der Waals surface area contributed by atoms with Crippen LogP contribution in [0.15, 0.2) is 23.2 Å². The first kappa shape index (κ1) is 11.7. The monoisotopic (exact) mass is 245 g/mol. The number of carbonyl (C=O) groups excluding carboxylic acids is 2. The van der Waals surface area contributed by atoms with Crippen LogP contribution in [0.25, 0.3) is 0 Å². The van der Waals surface area contributed by atoms with Gasteiger partial charge >= 0.3 is 0 Å². The Balaban J connectivity index is 2.68. The Kier molecular flexibility index (Phi) is 4.31. The second-order valence-corrected chi connectivity index (χ2v) is 3.30. The molecule has 0 aromatic heterocycles. The number of aliphatic imine (C=N–C) groups is 1. The highest BCUT2D eigenvalue weighted by Crippen LogP contribution is 2.27. The summed E-state index contributed by atoms with van der Waals surface area (Å²) in [7, 11) is 0. The third kappa shape index (κ3) is 3.72. The highest BCUT2D eigenvalue weighted by atomic mass is 35.5. The molecule has 1 aromatic carbocycles. The zero-order valence-corrected chi connectivity index (χ0v) is 8.88. The Bertz CT molecular complexity index is 427. The lowest BCUT2D eigenvalue weighted by Gasteiger charge is -2.05. The van der Waals surface area contributed by atoms with E-state index in [2.05, 4.69) is 4.99 Å². The summed E-state index contributed by atoms with van der Waals surface area (Å²) in [6.07, 6.45) is 1.12. The highest BCUT2D eigenvalue weighted by molar-refractivity contribution is 6.34. The normalized spacial score (nSPS) is 9.20. The third-order valence-electron chi connectivity index (χ3n) is 1.41. The van der Waals surface area contributed by atoms with Crippen LogP contribution in [0.5, 0.6) is 5.75 Å². The minimum atomic E-state index is -0.735. The van der Waals surface area contributed by atoms with E-state index >= 15 is 0 Å². The fraction of sp³-hybridized carbons (Fsp3) is 0.111. The summed E-state index contributed by atoms with van der Waals surface area (Å²) in [5.74, 6) is -0.473. The van der Waals surface area contributed by atoms with Gasteiger partial charge in [-0.15, -0.1) is 4.99 Å². The largest absolute Gasteiger partial charge is 0.482 e. The van der Waals surface area contributed by atoms with Crippen molar-refractivity contribution >= 4 is 35.2 Å². The van der Waals surface area contributed by atoms with Crippen molar-refractivity contribution in [2.24, 2.45) is 4.99 Å². The number of hydrogen-bond acceptors (Lipinski definition) is 3. The molecule has 0 atom stereocenters. The van der Waals surface area contributed by atoms with E-state index in [4.69, 9.17) is 27.9 Å². The summed E-state index contributed by atoms with van der Waals surface area (Å²) >= 11 is 11.4. The molecule has 15 heavy (non-hydrogen) atoms. The van der Waals surface area contributed by atoms with Gasteiger partial charge in [0.1, 0.15) is 5.75 Å². The van der Waals surface area contributed by atoms with Crippen molar-refractivity contribution in [3.63, 3.8) is 0 Å². The van der Waals surface area contributed by atoms with Crippen LogP contribution in [-0.4, -0.2) is 18.6 Å². The Morgan fingerprint density at radius 3 is 2.87 bits per heavy atom. The van der Waals surface area contributed by atoms with Crippen molar-refractivity contribution in [2.45, 2.75) is 0 Å². The van der Waals surface area contributed by atoms with Gasteiger partial charge in [-0.1, -0.05) is 23.2 Å². The maximum Gasteiger partial charge on any atom is 0.294 e. The first-order valence-electron chi connectivity index (χ1n) is 3.82. The van der Waals surface area contributed by atoms with E-state index in [1.54, 1.807) is 6.07 Å². The van der Waals surface area contributed by atoms with Crippen LogP contribution in [0.4, 0.5) is 0 Å². The van der Waals surface area contributed by atoms with E-state index in [1.807, 2.05) is 0 Å². The average molecular weight is 246 g/mol. The zero-order valence-electron chi connectivity index (χ0n) is 7.37. The molecule has 0 spiro atoms. The lowest BCUT2D eigenvalue weighted by molar-refractivity contribution is -0.119. The molecule has 0 radical (unpaired) electrons. The third-order valence-corrected chi connectivity index (χ3v) is 1.96. The zero-order chi connectivity index (χ0) is 11.3. The van der Waals surface area contributed by atoms with Gasteiger partial charge < -0.3 is 4.74 Å². The fourth-order valence-corrected chi connectivity index (χ4v) is 1.14. The van der Waals surface area contributed by atoms with Gasteiger partial charge in [0.2, 0.25) is 6.08 Å². The molecular formula is C9H5Cl2NO3. The van der Waals surface area contributed by atoms with Crippen LogP contribution in [0, 0.1) is 0 Å². The molecule has 0 unspecified atom stereocenters. The first-order valence-corrected chi connectivity index (χ1v) is 4.57. The van der Waals surface area contributed by atoms with Gasteiger partial charge in [0, 0.05) is 11.1 Å². The van der Waals surface area contributed by atoms with E-state index in [1.165, 1.54) is 12.1 Å². The number of amides is 1. The molecule has 0 N–H and O–H groups in total. The maximum absolute atomic E-state index is 10.8.